The number of nitrogens with zero attached hydrogens (tertiary/aromatic N) is 6. The zero-order valence-electron chi connectivity index (χ0n) is 33.2. The highest BCUT2D eigenvalue weighted by Crippen LogP contribution is 2.20. The number of aliphatic hydroxyl groups is 10. The number of amides is 2. The van der Waals surface area contributed by atoms with E-state index in [0.29, 0.717) is 18.8 Å². The Bertz CT molecular complexity index is 1820. The summed E-state index contributed by atoms with van der Waals surface area (Å²) in [4.78, 5) is 46.8. The quantitative estimate of drug-likeness (QED) is 0.0215. The predicted molar refractivity (Wildman–Crippen MR) is 220 cm³/mol. The third-order valence-electron chi connectivity index (χ3n) is 9.38. The number of nitrogens with two attached hydrogens (primary N) is 3. The maximum absolute atomic E-state index is 12.7. The Balaban J connectivity index is 1.44. The fourth-order valence-corrected chi connectivity index (χ4v) is 5.88. The molecule has 2 heterocycles. The third kappa shape index (κ3) is 16.2. The highest BCUT2D eigenvalue weighted by Gasteiger charge is 2.34. The summed E-state index contributed by atoms with van der Waals surface area (Å²) >= 11 is 5.82. The number of hydrogen-bond donors (Lipinski definition) is 15. The maximum Gasteiger partial charge on any atom is 0.280 e. The van der Waals surface area contributed by atoms with E-state index < -0.39 is 86.9 Å². The van der Waals surface area contributed by atoms with Crippen LogP contribution in [0.25, 0.3) is 11.1 Å². The second kappa shape index (κ2) is 25.2. The lowest BCUT2D eigenvalue weighted by Crippen LogP contribution is -2.54. The number of unbranched alkanes of at least 4 members (excludes halogenated alkanes) is 1. The van der Waals surface area contributed by atoms with Crippen LogP contribution in [0.1, 0.15) is 41.1 Å². The zero-order chi connectivity index (χ0) is 45.2. The van der Waals surface area contributed by atoms with E-state index in [2.05, 4.69) is 35.6 Å². The fourth-order valence-electron chi connectivity index (χ4n) is 5.76. The number of aliphatic imine (C=N–C) groups is 1. The van der Waals surface area contributed by atoms with Crippen molar-refractivity contribution in [2.75, 3.05) is 57.4 Å². The summed E-state index contributed by atoms with van der Waals surface area (Å²) in [7, 11) is 0. The normalized spacial score (nSPS) is 16.0. The zero-order valence-corrected chi connectivity index (χ0v) is 33.9. The van der Waals surface area contributed by atoms with E-state index in [-0.39, 0.29) is 54.4 Å². The van der Waals surface area contributed by atoms with Crippen molar-refractivity contribution < 1.29 is 60.7 Å². The number of guanidine groups is 1. The average Bonchev–Trinajstić information content (AvgIpc) is 3.25. The standard InChI is InChI=1S/C37H56ClN11O12/c38-33-35(40)47-34(39)28(46-33)36(61)48-37(41)43-10-2-1-3-19-4-6-20(7-5-19)21-13-44-26(45-14-21)8-9-27(56)42-11-12-49(15-22(52)29(57)31(59)24(54)17-50)16-23(53)30(58)32(60)25(55)18-51/h4-7,13-14,22-25,29-32,50-55,57-60H,1-3,8-12,15-18H2,(H,42,56)(H4,39,40,47)(H3,41,43,48,61)/t22-,23-,24+,25+,29+,30+,31+,32+/m0/s1. The van der Waals surface area contributed by atoms with Gasteiger partial charge in [-0.15, -0.1) is 0 Å². The van der Waals surface area contributed by atoms with Gasteiger partial charge in [0.25, 0.3) is 5.91 Å². The molecule has 0 saturated carbocycles. The topological polar surface area (TPSA) is 406 Å². The van der Waals surface area contributed by atoms with Crippen LogP contribution in [-0.4, -0.2) is 188 Å². The molecule has 23 nitrogen and oxygen atoms in total. The van der Waals surface area contributed by atoms with Gasteiger partial charge in [-0.25, -0.2) is 19.9 Å². The number of carbonyl (C=O) groups excluding carboxylic acids is 2. The molecule has 61 heavy (non-hydrogen) atoms. The van der Waals surface area contributed by atoms with Crippen LogP contribution in [0.3, 0.4) is 0 Å². The van der Waals surface area contributed by atoms with Crippen LogP contribution in [0.15, 0.2) is 41.7 Å². The molecule has 0 fully saturated rings. The molecule has 338 valence electrons. The van der Waals surface area contributed by atoms with Gasteiger partial charge >= 0.3 is 0 Å². The molecule has 24 heteroatoms. The first kappa shape index (κ1) is 50.6. The van der Waals surface area contributed by atoms with Gasteiger partial charge in [0.15, 0.2) is 28.4 Å². The van der Waals surface area contributed by atoms with Crippen molar-refractivity contribution in [3.05, 3.63) is 58.9 Å². The van der Waals surface area contributed by atoms with E-state index in [1.54, 1.807) is 12.4 Å². The van der Waals surface area contributed by atoms with Crippen molar-refractivity contribution in [2.24, 2.45) is 10.7 Å². The molecule has 8 atom stereocenters. The lowest BCUT2D eigenvalue weighted by molar-refractivity contribution is -0.130. The molecule has 2 aromatic heterocycles. The number of benzene rings is 1. The third-order valence-corrected chi connectivity index (χ3v) is 9.66. The van der Waals surface area contributed by atoms with Crippen LogP contribution in [0.4, 0.5) is 11.6 Å². The predicted octanol–water partition coefficient (Wildman–Crippen LogP) is -4.96. The van der Waals surface area contributed by atoms with Gasteiger partial charge in [-0.3, -0.25) is 24.8 Å². The number of nitrogen functional groups attached to an aromatic ring is 2. The molecule has 18 N–H and O–H groups in total. The van der Waals surface area contributed by atoms with E-state index >= 15 is 0 Å². The summed E-state index contributed by atoms with van der Waals surface area (Å²) in [5.41, 5.74) is 19.5. The van der Waals surface area contributed by atoms with E-state index in [0.717, 1.165) is 29.5 Å². The van der Waals surface area contributed by atoms with Gasteiger partial charge < -0.3 is 73.6 Å². The van der Waals surface area contributed by atoms with Crippen molar-refractivity contribution in [3.63, 3.8) is 0 Å². The molecule has 0 aliphatic heterocycles. The second-order valence-corrected chi connectivity index (χ2v) is 14.5. The van der Waals surface area contributed by atoms with Gasteiger partial charge in [0.05, 0.1) is 25.4 Å². The number of aryl methyl sites for hydroxylation is 2. The van der Waals surface area contributed by atoms with Crippen LogP contribution in [0, 0.1) is 0 Å². The van der Waals surface area contributed by atoms with Crippen LogP contribution in [0.5, 0.6) is 0 Å². The number of rotatable bonds is 25. The summed E-state index contributed by atoms with van der Waals surface area (Å²) in [6, 6.07) is 7.85. The van der Waals surface area contributed by atoms with Crippen LogP contribution in [0.2, 0.25) is 5.15 Å². The summed E-state index contributed by atoms with van der Waals surface area (Å²) in [5, 5.41) is 104. The minimum Gasteiger partial charge on any atom is -0.394 e. The van der Waals surface area contributed by atoms with E-state index in [4.69, 9.17) is 39.0 Å². The number of carbonyl (C=O) groups is 2. The molecule has 0 saturated heterocycles. The lowest BCUT2D eigenvalue weighted by Gasteiger charge is -2.33. The van der Waals surface area contributed by atoms with Crippen molar-refractivity contribution in [3.8, 4) is 11.1 Å². The number of aromatic nitrogens is 4. The molecule has 0 unspecified atom stereocenters. The molecule has 3 aromatic rings. The average molecular weight is 882 g/mol. The van der Waals surface area contributed by atoms with Crippen molar-refractivity contribution in [1.29, 1.82) is 0 Å². The van der Waals surface area contributed by atoms with Gasteiger partial charge in [0.1, 0.15) is 42.4 Å². The Morgan fingerprint density at radius 2 is 1.31 bits per heavy atom. The smallest absolute Gasteiger partial charge is 0.280 e. The Hall–Kier alpha value is -4.76. The molecule has 3 rings (SSSR count). The first-order chi connectivity index (χ1) is 28.9. The first-order valence-electron chi connectivity index (χ1n) is 19.2. The molecular weight excluding hydrogens is 826 g/mol. The molecule has 0 aliphatic carbocycles. The highest BCUT2D eigenvalue weighted by molar-refractivity contribution is 6.31. The number of aliphatic hydroxyl groups excluding tert-OH is 10. The minimum absolute atomic E-state index is 0.00298. The van der Waals surface area contributed by atoms with Crippen molar-refractivity contribution >= 4 is 41.0 Å². The van der Waals surface area contributed by atoms with Crippen LogP contribution in [-0.2, 0) is 17.6 Å². The van der Waals surface area contributed by atoms with E-state index in [9.17, 15) is 50.4 Å². The lowest BCUT2D eigenvalue weighted by atomic mass is 10.0. The second-order valence-electron chi connectivity index (χ2n) is 14.1. The molecule has 1 aromatic carbocycles. The number of nitrogens with one attached hydrogen (secondary N) is 2. The Morgan fingerprint density at radius 1 is 0.754 bits per heavy atom. The monoisotopic (exact) mass is 881 g/mol. The SMILES string of the molecule is NC(=NCCCCc1ccc(-c2cnc(CCC(=O)NCCN(C[C@H](O)[C@@H](O)[C@H](O)[C@H](O)CO)C[C@H](O)[C@@H](O)[C@H](O)[C@H](O)CO)nc2)cc1)NC(=O)c1nc(Cl)c(N)nc1N. The van der Waals surface area contributed by atoms with Gasteiger partial charge in [-0.2, -0.15) is 0 Å². The first-order valence-corrected chi connectivity index (χ1v) is 19.6. The fraction of sp³-hybridized carbons (Fsp3) is 0.541. The molecule has 0 spiro atoms. The molecule has 0 bridgehead atoms. The molecule has 2 amide bonds. The van der Waals surface area contributed by atoms with Crippen molar-refractivity contribution in [2.45, 2.75) is 80.9 Å². The molecular formula is C37H56ClN11O12. The van der Waals surface area contributed by atoms with Gasteiger partial charge in [0.2, 0.25) is 5.91 Å². The summed E-state index contributed by atoms with van der Waals surface area (Å²) in [5.74, 6) is -1.11. The van der Waals surface area contributed by atoms with E-state index in [1.807, 2.05) is 24.3 Å². The van der Waals surface area contributed by atoms with Crippen LogP contribution < -0.4 is 27.8 Å². The molecule has 0 aliphatic rings. The summed E-state index contributed by atoms with van der Waals surface area (Å²) in [6.45, 7) is -2.50. The van der Waals surface area contributed by atoms with Gasteiger partial charge in [0, 0.05) is 63.5 Å². The largest absolute Gasteiger partial charge is 0.394 e. The van der Waals surface area contributed by atoms with Gasteiger partial charge in [-0.1, -0.05) is 35.9 Å². The number of halogens is 1. The van der Waals surface area contributed by atoms with Crippen molar-refractivity contribution in [1.82, 2.24) is 35.5 Å². The van der Waals surface area contributed by atoms with Crippen LogP contribution >= 0.6 is 11.6 Å². The summed E-state index contributed by atoms with van der Waals surface area (Å²) < 4.78 is 0. The maximum atomic E-state index is 12.7. The highest BCUT2D eigenvalue weighted by atomic mass is 35.5. The number of anilines is 2. The minimum atomic E-state index is -1.93. The Morgan fingerprint density at radius 3 is 1.87 bits per heavy atom. The summed E-state index contributed by atoms with van der Waals surface area (Å²) in [6.07, 6.45) is -8.98. The molecule has 0 radical (unpaired) electrons. The van der Waals surface area contributed by atoms with E-state index in [1.165, 1.54) is 4.90 Å². The Kier molecular flexibility index (Phi) is 20.9. The Labute approximate surface area is 355 Å². The number of hydrogen-bond acceptors (Lipinski definition) is 20. The van der Waals surface area contributed by atoms with Gasteiger partial charge in [-0.05, 0) is 30.4 Å².